The molecule has 0 bridgehead atoms. The first-order valence-corrected chi connectivity index (χ1v) is 20.8. The van der Waals surface area contributed by atoms with E-state index in [4.69, 9.17) is 2.74 Å². The van der Waals surface area contributed by atoms with Gasteiger partial charge in [-0.15, -0.1) is 0 Å². The van der Waals surface area contributed by atoms with Gasteiger partial charge in [-0.25, -0.2) is 0 Å². The Morgan fingerprint density at radius 2 is 0.774 bits per heavy atom. The number of fused-ring (bicyclic) bond motifs is 6. The zero-order valence-electron chi connectivity index (χ0n) is 40.4. The van der Waals surface area contributed by atoms with Gasteiger partial charge in [0.2, 0.25) is 0 Å². The fraction of sp³-hybridized carbons (Fsp3) is 0. The number of hydrogen-bond acceptors (Lipinski definition) is 0. The molecule has 2 nitrogen and oxygen atoms in total. The van der Waals surface area contributed by atoms with E-state index in [1.165, 1.54) is 0 Å². The van der Waals surface area contributed by atoms with E-state index in [0.717, 1.165) is 72.0 Å². The van der Waals surface area contributed by atoms with E-state index in [1.54, 1.807) is 4.57 Å². The van der Waals surface area contributed by atoms with E-state index in [0.29, 0.717) is 11.3 Å². The third-order valence-corrected chi connectivity index (χ3v) is 12.0. The third-order valence-electron chi connectivity index (χ3n) is 12.0. The SMILES string of the molecule is [2H]c1c([2H])c([2H])c2c(c1[2H])c1c([2H])c(-c3ccc4c(c3)c3ccc(-c5ccccc5)cc3n4-c3cccc(-c4ccccc4)c3)c([2H])c([2H])c1n2-c1ccc(-c2cccc(-c3ccccc3)c2)cc1. The van der Waals surface area contributed by atoms with Gasteiger partial charge in [-0.1, -0.05) is 176 Å². The average molecular weight is 796 g/mol. The van der Waals surface area contributed by atoms with Crippen molar-refractivity contribution in [1.82, 2.24) is 9.13 Å². The van der Waals surface area contributed by atoms with Crippen LogP contribution in [-0.2, 0) is 0 Å². The molecule has 2 heterocycles. The van der Waals surface area contributed by atoms with Gasteiger partial charge in [0.25, 0.3) is 0 Å². The van der Waals surface area contributed by atoms with E-state index in [2.05, 4.69) is 95.6 Å². The molecule has 0 fully saturated rings. The van der Waals surface area contributed by atoms with Crippen molar-refractivity contribution in [3.8, 4) is 67.0 Å². The molecule has 0 aliphatic carbocycles. The normalized spacial score (nSPS) is 13.1. The van der Waals surface area contributed by atoms with Crippen LogP contribution in [0.25, 0.3) is 111 Å². The van der Waals surface area contributed by atoms with Crippen molar-refractivity contribution in [2.24, 2.45) is 0 Å². The second-order valence-corrected chi connectivity index (χ2v) is 15.6. The molecule has 290 valence electrons. The van der Waals surface area contributed by atoms with E-state index in [9.17, 15) is 6.85 Å². The molecular formula is C60H40N2. The second kappa shape index (κ2) is 14.8. The molecule has 12 rings (SSSR count). The summed E-state index contributed by atoms with van der Waals surface area (Å²) in [6, 6.07) is 65.6. The molecule has 0 aliphatic heterocycles. The summed E-state index contributed by atoms with van der Waals surface area (Å²) in [5.41, 5.74) is 13.0. The maximum Gasteiger partial charge on any atom is 0.0645 e. The summed E-state index contributed by atoms with van der Waals surface area (Å²) in [6.07, 6.45) is 0. The highest BCUT2D eigenvalue weighted by atomic mass is 15.0. The van der Waals surface area contributed by atoms with Crippen molar-refractivity contribution in [2.75, 3.05) is 0 Å². The molecule has 2 heteroatoms. The number of para-hydroxylation sites is 1. The second-order valence-electron chi connectivity index (χ2n) is 15.6. The lowest BCUT2D eigenvalue weighted by Gasteiger charge is -2.12. The smallest absolute Gasteiger partial charge is 0.0645 e. The predicted octanol–water partition coefficient (Wildman–Crippen LogP) is 16.2. The van der Waals surface area contributed by atoms with Crippen molar-refractivity contribution >= 4 is 43.6 Å². The Labute approximate surface area is 370 Å². The van der Waals surface area contributed by atoms with Crippen LogP contribution < -0.4 is 0 Å². The molecule has 0 aliphatic rings. The van der Waals surface area contributed by atoms with Gasteiger partial charge in [0, 0.05) is 32.9 Å². The molecule has 0 atom stereocenters. The van der Waals surface area contributed by atoms with Gasteiger partial charge < -0.3 is 9.13 Å². The maximum absolute atomic E-state index is 9.97. The minimum absolute atomic E-state index is 0.0841. The largest absolute Gasteiger partial charge is 0.309 e. The summed E-state index contributed by atoms with van der Waals surface area (Å²) in [5, 5.41) is 2.21. The molecule has 62 heavy (non-hydrogen) atoms. The van der Waals surface area contributed by atoms with Gasteiger partial charge in [0.15, 0.2) is 0 Å². The number of hydrogen-bond donors (Lipinski definition) is 0. The van der Waals surface area contributed by atoms with Crippen LogP contribution in [0.3, 0.4) is 0 Å². The molecule has 10 aromatic carbocycles. The van der Waals surface area contributed by atoms with Gasteiger partial charge in [-0.3, -0.25) is 0 Å². The van der Waals surface area contributed by atoms with Crippen molar-refractivity contribution in [1.29, 1.82) is 0 Å². The molecule has 0 saturated carbocycles. The lowest BCUT2D eigenvalue weighted by atomic mass is 9.99. The molecule has 0 unspecified atom stereocenters. The highest BCUT2D eigenvalue weighted by molar-refractivity contribution is 6.13. The first kappa shape index (κ1) is 29.1. The molecule has 0 N–H and O–H groups in total. The summed E-state index contributed by atoms with van der Waals surface area (Å²) in [4.78, 5) is 0. The van der Waals surface area contributed by atoms with Crippen LogP contribution in [0.4, 0.5) is 0 Å². The predicted molar refractivity (Wildman–Crippen MR) is 262 cm³/mol. The van der Waals surface area contributed by atoms with Gasteiger partial charge in [0.05, 0.1) is 31.7 Å². The van der Waals surface area contributed by atoms with Crippen LogP contribution in [0.5, 0.6) is 0 Å². The number of rotatable bonds is 7. The quantitative estimate of drug-likeness (QED) is 0.152. The van der Waals surface area contributed by atoms with Crippen molar-refractivity contribution in [3.63, 3.8) is 0 Å². The van der Waals surface area contributed by atoms with Gasteiger partial charge in [-0.2, -0.15) is 0 Å². The van der Waals surface area contributed by atoms with Crippen LogP contribution in [0.1, 0.15) is 9.60 Å². The molecule has 0 amide bonds. The van der Waals surface area contributed by atoms with Gasteiger partial charge >= 0.3 is 0 Å². The van der Waals surface area contributed by atoms with Crippen LogP contribution in [0.2, 0.25) is 0 Å². The zero-order valence-corrected chi connectivity index (χ0v) is 33.4. The highest BCUT2D eigenvalue weighted by Gasteiger charge is 2.18. The van der Waals surface area contributed by atoms with Crippen LogP contribution in [0.15, 0.2) is 242 Å². The number of benzene rings is 10. The topological polar surface area (TPSA) is 9.86 Å². The molecule has 0 spiro atoms. The monoisotopic (exact) mass is 795 g/mol. The van der Waals surface area contributed by atoms with Gasteiger partial charge in [-0.05, 0) is 122 Å². The Hall–Kier alpha value is -8.20. The minimum Gasteiger partial charge on any atom is -0.309 e. The minimum atomic E-state index is -0.428. The molecule has 0 radical (unpaired) electrons. The molecule has 12 aromatic rings. The van der Waals surface area contributed by atoms with Crippen LogP contribution in [0, 0.1) is 0 Å². The summed E-state index contributed by atoms with van der Waals surface area (Å²) < 4.78 is 69.2. The summed E-state index contributed by atoms with van der Waals surface area (Å²) >= 11 is 0. The van der Waals surface area contributed by atoms with Crippen LogP contribution >= 0.6 is 0 Å². The number of aromatic nitrogens is 2. The van der Waals surface area contributed by atoms with E-state index < -0.39 is 12.1 Å². The van der Waals surface area contributed by atoms with Crippen molar-refractivity contribution < 1.29 is 9.60 Å². The summed E-state index contributed by atoms with van der Waals surface area (Å²) in [7, 11) is 0. The third kappa shape index (κ3) is 6.12. The van der Waals surface area contributed by atoms with E-state index in [1.807, 2.05) is 109 Å². The Morgan fingerprint density at radius 3 is 1.47 bits per heavy atom. The lowest BCUT2D eigenvalue weighted by Crippen LogP contribution is -1.95. The van der Waals surface area contributed by atoms with Gasteiger partial charge in [0.1, 0.15) is 0 Å². The Kier molecular flexibility index (Phi) is 6.95. The maximum atomic E-state index is 9.97. The zero-order chi connectivity index (χ0) is 47.1. The van der Waals surface area contributed by atoms with E-state index >= 15 is 0 Å². The van der Waals surface area contributed by atoms with E-state index in [-0.39, 0.29) is 57.6 Å². The molecule has 2 aromatic heterocycles. The van der Waals surface area contributed by atoms with Crippen molar-refractivity contribution in [3.05, 3.63) is 242 Å². The molecular weight excluding hydrogens is 749 g/mol. The Bertz CT molecular complexity index is 4010. The summed E-state index contributed by atoms with van der Waals surface area (Å²) in [5.74, 6) is 0. The van der Waals surface area contributed by atoms with Crippen LogP contribution in [-0.4, -0.2) is 9.13 Å². The number of nitrogens with zero attached hydrogens (tertiary/aromatic N) is 2. The summed E-state index contributed by atoms with van der Waals surface area (Å²) in [6.45, 7) is 0. The fourth-order valence-electron chi connectivity index (χ4n) is 8.95. The van der Waals surface area contributed by atoms with Crippen molar-refractivity contribution in [2.45, 2.75) is 0 Å². The standard InChI is InChI=1S/C60H40N2/c1-4-14-41(15-5-1)45-20-12-21-46(36-45)44-26-31-51(32-27-44)61-57-25-11-10-24-53(57)55-38-48(29-34-58(55)61)49-30-35-59-56(39-49)54-33-28-50(43-18-8-3-9-19-43)40-60(54)62(59)52-23-13-22-47(37-52)42-16-6-2-7-17-42/h1-40H/i10D,11D,24D,25D,29D,34D,38D. The Morgan fingerprint density at radius 1 is 0.258 bits per heavy atom. The first-order chi connectivity index (χ1) is 33.7. The fourth-order valence-corrected chi connectivity index (χ4v) is 8.95. The molecule has 0 saturated heterocycles. The average Bonchev–Trinajstić information content (AvgIpc) is 3.94. The lowest BCUT2D eigenvalue weighted by molar-refractivity contribution is 1.18. The highest BCUT2D eigenvalue weighted by Crippen LogP contribution is 2.40. The first-order valence-electron chi connectivity index (χ1n) is 24.3. The Balaban J connectivity index is 1.06.